The molecule has 2 aromatic rings. The maximum absolute atomic E-state index is 11.7. The van der Waals surface area contributed by atoms with E-state index in [1.165, 1.54) is 0 Å². The maximum atomic E-state index is 11.7. The van der Waals surface area contributed by atoms with Crippen molar-refractivity contribution in [2.45, 2.75) is 13.8 Å². The number of thiophene rings is 1. The third-order valence-corrected chi connectivity index (χ3v) is 4.30. The molecule has 0 bridgehead atoms. The van der Waals surface area contributed by atoms with Crippen LogP contribution in [-0.2, 0) is 4.74 Å². The molecule has 0 aliphatic heterocycles. The van der Waals surface area contributed by atoms with Gasteiger partial charge in [0.25, 0.3) is 0 Å². The lowest BCUT2D eigenvalue weighted by Crippen LogP contribution is -2.04. The fraction of sp³-hybridized carbons (Fsp3) is 0.214. The number of carbonyl (C=O) groups is 1. The van der Waals surface area contributed by atoms with Gasteiger partial charge in [0.2, 0.25) is 0 Å². The SMILES string of the molecule is CCOC(=O)c1csc(-c2ccc(Br)cc2)c1C. The summed E-state index contributed by atoms with van der Waals surface area (Å²) in [4.78, 5) is 12.9. The number of ether oxygens (including phenoxy) is 1. The van der Waals surface area contributed by atoms with Crippen molar-refractivity contribution in [3.63, 3.8) is 0 Å². The number of rotatable bonds is 3. The lowest BCUT2D eigenvalue weighted by molar-refractivity contribution is 0.0526. The van der Waals surface area contributed by atoms with E-state index in [-0.39, 0.29) is 5.97 Å². The highest BCUT2D eigenvalue weighted by Crippen LogP contribution is 2.33. The molecule has 18 heavy (non-hydrogen) atoms. The molecule has 0 aliphatic rings. The Morgan fingerprint density at radius 1 is 1.33 bits per heavy atom. The molecule has 94 valence electrons. The first kappa shape index (κ1) is 13.3. The zero-order chi connectivity index (χ0) is 13.1. The molecule has 1 aromatic heterocycles. The minimum Gasteiger partial charge on any atom is -0.462 e. The standard InChI is InChI=1S/C14H13BrO2S/c1-3-17-14(16)12-8-18-13(9(12)2)10-4-6-11(15)7-5-10/h4-8H,3H2,1-2H3. The minimum absolute atomic E-state index is 0.241. The van der Waals surface area contributed by atoms with Gasteiger partial charge < -0.3 is 4.74 Å². The lowest BCUT2D eigenvalue weighted by atomic mass is 10.1. The smallest absolute Gasteiger partial charge is 0.339 e. The zero-order valence-corrected chi connectivity index (χ0v) is 12.6. The van der Waals surface area contributed by atoms with Crippen molar-refractivity contribution in [3.05, 3.63) is 45.2 Å². The number of carbonyl (C=O) groups excluding carboxylic acids is 1. The lowest BCUT2D eigenvalue weighted by Gasteiger charge is -2.03. The fourth-order valence-corrected chi connectivity index (χ4v) is 3.04. The number of benzene rings is 1. The fourth-order valence-electron chi connectivity index (χ4n) is 1.71. The molecule has 0 fully saturated rings. The summed E-state index contributed by atoms with van der Waals surface area (Å²) in [7, 11) is 0. The van der Waals surface area contributed by atoms with Crippen LogP contribution in [-0.4, -0.2) is 12.6 Å². The molecular weight excluding hydrogens is 312 g/mol. The highest BCUT2D eigenvalue weighted by atomic mass is 79.9. The first-order valence-electron chi connectivity index (χ1n) is 5.64. The molecule has 2 nitrogen and oxygen atoms in total. The molecule has 2 rings (SSSR count). The van der Waals surface area contributed by atoms with Gasteiger partial charge in [0.15, 0.2) is 0 Å². The van der Waals surface area contributed by atoms with Crippen LogP contribution in [0.15, 0.2) is 34.1 Å². The van der Waals surface area contributed by atoms with E-state index in [0.717, 1.165) is 20.5 Å². The number of halogens is 1. The Balaban J connectivity index is 2.36. The predicted octanol–water partition coefficient (Wildman–Crippen LogP) is 4.66. The van der Waals surface area contributed by atoms with Crippen LogP contribution >= 0.6 is 27.3 Å². The van der Waals surface area contributed by atoms with Crippen LogP contribution in [0.2, 0.25) is 0 Å². The Morgan fingerprint density at radius 3 is 2.61 bits per heavy atom. The van der Waals surface area contributed by atoms with E-state index in [1.807, 2.05) is 43.5 Å². The second kappa shape index (κ2) is 5.67. The Hall–Kier alpha value is -1.13. The summed E-state index contributed by atoms with van der Waals surface area (Å²) in [5.41, 5.74) is 2.77. The van der Waals surface area contributed by atoms with Gasteiger partial charge in [0.1, 0.15) is 0 Å². The van der Waals surface area contributed by atoms with E-state index in [1.54, 1.807) is 11.3 Å². The molecule has 0 saturated carbocycles. The van der Waals surface area contributed by atoms with Gasteiger partial charge in [-0.1, -0.05) is 28.1 Å². The predicted molar refractivity (Wildman–Crippen MR) is 78.1 cm³/mol. The van der Waals surface area contributed by atoms with E-state index in [9.17, 15) is 4.79 Å². The highest BCUT2D eigenvalue weighted by molar-refractivity contribution is 9.10. The van der Waals surface area contributed by atoms with E-state index >= 15 is 0 Å². The molecule has 0 saturated heterocycles. The molecule has 1 heterocycles. The normalized spacial score (nSPS) is 10.4. The molecule has 1 aromatic carbocycles. The molecule has 0 unspecified atom stereocenters. The Labute approximate surface area is 119 Å². The maximum Gasteiger partial charge on any atom is 0.339 e. The van der Waals surface area contributed by atoms with Gasteiger partial charge in [-0.25, -0.2) is 4.79 Å². The second-order valence-electron chi connectivity index (χ2n) is 3.83. The van der Waals surface area contributed by atoms with Crippen molar-refractivity contribution >= 4 is 33.2 Å². The van der Waals surface area contributed by atoms with Crippen LogP contribution in [0.4, 0.5) is 0 Å². The van der Waals surface area contributed by atoms with Gasteiger partial charge >= 0.3 is 5.97 Å². The van der Waals surface area contributed by atoms with Crippen molar-refractivity contribution in [3.8, 4) is 10.4 Å². The van der Waals surface area contributed by atoms with Crippen LogP contribution < -0.4 is 0 Å². The summed E-state index contributed by atoms with van der Waals surface area (Å²) < 4.78 is 6.08. The molecule has 0 N–H and O–H groups in total. The minimum atomic E-state index is -0.241. The summed E-state index contributed by atoms with van der Waals surface area (Å²) in [6, 6.07) is 8.08. The van der Waals surface area contributed by atoms with E-state index in [0.29, 0.717) is 12.2 Å². The van der Waals surface area contributed by atoms with Crippen LogP contribution in [0, 0.1) is 6.92 Å². The van der Waals surface area contributed by atoms with Gasteiger partial charge in [0.05, 0.1) is 12.2 Å². The highest BCUT2D eigenvalue weighted by Gasteiger charge is 2.16. The monoisotopic (exact) mass is 324 g/mol. The number of hydrogen-bond acceptors (Lipinski definition) is 3. The first-order chi connectivity index (χ1) is 8.63. The summed E-state index contributed by atoms with van der Waals surface area (Å²) in [5, 5.41) is 1.87. The van der Waals surface area contributed by atoms with Crippen molar-refractivity contribution < 1.29 is 9.53 Å². The number of hydrogen-bond donors (Lipinski definition) is 0. The zero-order valence-electron chi connectivity index (χ0n) is 10.2. The third-order valence-electron chi connectivity index (χ3n) is 2.64. The summed E-state index contributed by atoms with van der Waals surface area (Å²) in [5.74, 6) is -0.241. The summed E-state index contributed by atoms with van der Waals surface area (Å²) in [6.07, 6.45) is 0. The van der Waals surface area contributed by atoms with E-state index in [2.05, 4.69) is 15.9 Å². The second-order valence-corrected chi connectivity index (χ2v) is 5.63. The molecule has 0 spiro atoms. The Bertz CT molecular complexity index is 558. The molecule has 0 atom stereocenters. The van der Waals surface area contributed by atoms with Crippen LogP contribution in [0.5, 0.6) is 0 Å². The summed E-state index contributed by atoms with van der Waals surface area (Å²) >= 11 is 4.99. The first-order valence-corrected chi connectivity index (χ1v) is 7.32. The molecule has 0 amide bonds. The Morgan fingerprint density at radius 2 is 2.00 bits per heavy atom. The summed E-state index contributed by atoms with van der Waals surface area (Å²) in [6.45, 7) is 4.18. The van der Waals surface area contributed by atoms with Gasteiger partial charge in [-0.05, 0) is 37.1 Å². The molecule has 0 radical (unpaired) electrons. The average molecular weight is 325 g/mol. The average Bonchev–Trinajstić information content (AvgIpc) is 2.73. The van der Waals surface area contributed by atoms with E-state index in [4.69, 9.17) is 4.74 Å². The third kappa shape index (κ3) is 2.65. The topological polar surface area (TPSA) is 26.3 Å². The van der Waals surface area contributed by atoms with Gasteiger partial charge in [-0.2, -0.15) is 0 Å². The quantitative estimate of drug-likeness (QED) is 0.767. The van der Waals surface area contributed by atoms with Crippen molar-refractivity contribution in [1.82, 2.24) is 0 Å². The Kier molecular flexibility index (Phi) is 4.19. The van der Waals surface area contributed by atoms with Gasteiger partial charge in [-0.15, -0.1) is 11.3 Å². The van der Waals surface area contributed by atoms with Crippen LogP contribution in [0.3, 0.4) is 0 Å². The molecular formula is C14H13BrO2S. The number of esters is 1. The van der Waals surface area contributed by atoms with Gasteiger partial charge in [0, 0.05) is 14.7 Å². The molecule has 4 heteroatoms. The molecule has 0 aliphatic carbocycles. The van der Waals surface area contributed by atoms with Crippen molar-refractivity contribution in [1.29, 1.82) is 0 Å². The van der Waals surface area contributed by atoms with Crippen molar-refractivity contribution in [2.24, 2.45) is 0 Å². The van der Waals surface area contributed by atoms with Crippen molar-refractivity contribution in [2.75, 3.05) is 6.61 Å². The van der Waals surface area contributed by atoms with Gasteiger partial charge in [-0.3, -0.25) is 0 Å². The van der Waals surface area contributed by atoms with Crippen LogP contribution in [0.1, 0.15) is 22.8 Å². The van der Waals surface area contributed by atoms with Crippen LogP contribution in [0.25, 0.3) is 10.4 Å². The largest absolute Gasteiger partial charge is 0.462 e. The van der Waals surface area contributed by atoms with E-state index < -0.39 is 0 Å².